The molecule has 0 amide bonds. The summed E-state index contributed by atoms with van der Waals surface area (Å²) in [5.74, 6) is -0.0780. The Labute approximate surface area is 130 Å². The van der Waals surface area contributed by atoms with Crippen LogP contribution in [0, 0.1) is 5.82 Å². The quantitative estimate of drug-likeness (QED) is 0.913. The van der Waals surface area contributed by atoms with Crippen LogP contribution in [0.2, 0.25) is 0 Å². The molecule has 0 spiro atoms. The number of piperidine rings is 1. The van der Waals surface area contributed by atoms with E-state index in [-0.39, 0.29) is 5.82 Å². The second-order valence-electron chi connectivity index (χ2n) is 5.96. The maximum absolute atomic E-state index is 14.3. The predicted octanol–water partition coefficient (Wildman–Crippen LogP) is 4.13. The molecule has 2 heterocycles. The monoisotopic (exact) mass is 306 g/mol. The van der Waals surface area contributed by atoms with Crippen LogP contribution in [0.5, 0.6) is 0 Å². The highest BCUT2D eigenvalue weighted by Crippen LogP contribution is 2.35. The molecule has 1 N–H and O–H groups in total. The Hall–Kier alpha value is -0.970. The maximum Gasteiger partial charge on any atom is 0.132 e. The highest BCUT2D eigenvalue weighted by atomic mass is 32.1. The van der Waals surface area contributed by atoms with Gasteiger partial charge in [0, 0.05) is 34.1 Å². The average molecular weight is 306 g/mol. The van der Waals surface area contributed by atoms with Gasteiger partial charge in [-0.15, -0.1) is 11.3 Å². The normalized spacial score (nSPS) is 20.2. The SMILES string of the molecule is CNCc1sc2cccc(F)c2c1CN1CCCCC1C. The summed E-state index contributed by atoms with van der Waals surface area (Å²) in [5.41, 5.74) is 1.19. The Balaban J connectivity index is 2.00. The van der Waals surface area contributed by atoms with Crippen LogP contribution in [0.4, 0.5) is 4.39 Å². The lowest BCUT2D eigenvalue weighted by Gasteiger charge is -2.33. The third-order valence-electron chi connectivity index (χ3n) is 4.49. The summed E-state index contributed by atoms with van der Waals surface area (Å²) in [6.45, 7) is 5.11. The number of rotatable bonds is 4. The number of benzene rings is 1. The van der Waals surface area contributed by atoms with E-state index in [1.165, 1.54) is 29.7 Å². The van der Waals surface area contributed by atoms with Gasteiger partial charge < -0.3 is 5.32 Å². The topological polar surface area (TPSA) is 15.3 Å². The van der Waals surface area contributed by atoms with Crippen molar-refractivity contribution < 1.29 is 4.39 Å². The molecule has 0 radical (unpaired) electrons. The summed E-state index contributed by atoms with van der Waals surface area (Å²) in [6.07, 6.45) is 3.84. The zero-order valence-corrected chi connectivity index (χ0v) is 13.6. The van der Waals surface area contributed by atoms with Crippen LogP contribution >= 0.6 is 11.3 Å². The molecule has 1 aliphatic rings. The molecule has 0 aliphatic carbocycles. The predicted molar refractivity (Wildman–Crippen MR) is 88.3 cm³/mol. The van der Waals surface area contributed by atoms with E-state index in [1.807, 2.05) is 19.2 Å². The molecule has 0 bridgehead atoms. The second-order valence-corrected chi connectivity index (χ2v) is 7.10. The third kappa shape index (κ3) is 2.98. The van der Waals surface area contributed by atoms with E-state index in [2.05, 4.69) is 17.1 Å². The molecule has 3 rings (SSSR count). The van der Waals surface area contributed by atoms with E-state index in [0.717, 1.165) is 29.7 Å². The number of nitrogens with one attached hydrogen (secondary N) is 1. The molecule has 1 aromatic heterocycles. The number of likely N-dealkylation sites (tertiary alicyclic amines) is 1. The summed E-state index contributed by atoms with van der Waals surface area (Å²) >= 11 is 1.72. The van der Waals surface area contributed by atoms with Crippen molar-refractivity contribution in [2.24, 2.45) is 0 Å². The minimum atomic E-state index is -0.0780. The van der Waals surface area contributed by atoms with E-state index < -0.39 is 0 Å². The lowest BCUT2D eigenvalue weighted by atomic mass is 10.0. The van der Waals surface area contributed by atoms with Crippen molar-refractivity contribution in [1.29, 1.82) is 0 Å². The summed E-state index contributed by atoms with van der Waals surface area (Å²) in [4.78, 5) is 3.78. The Bertz CT molecular complexity index is 623. The molecule has 1 fully saturated rings. The molecule has 4 heteroatoms. The van der Waals surface area contributed by atoms with Crippen LogP contribution in [0.15, 0.2) is 18.2 Å². The number of hydrogen-bond donors (Lipinski definition) is 1. The largest absolute Gasteiger partial charge is 0.315 e. The zero-order chi connectivity index (χ0) is 14.8. The molecule has 21 heavy (non-hydrogen) atoms. The van der Waals surface area contributed by atoms with Gasteiger partial charge in [0.2, 0.25) is 0 Å². The van der Waals surface area contributed by atoms with Crippen molar-refractivity contribution in [2.75, 3.05) is 13.6 Å². The molecule has 2 nitrogen and oxygen atoms in total. The zero-order valence-electron chi connectivity index (χ0n) is 12.8. The maximum atomic E-state index is 14.3. The van der Waals surface area contributed by atoms with Gasteiger partial charge in [0.1, 0.15) is 5.82 Å². The van der Waals surface area contributed by atoms with Crippen LogP contribution in [0.3, 0.4) is 0 Å². The molecule has 1 aliphatic heterocycles. The molecule has 0 saturated carbocycles. The molecule has 1 saturated heterocycles. The molecular formula is C17H23FN2S. The average Bonchev–Trinajstić information content (AvgIpc) is 2.81. The molecule has 114 valence electrons. The molecule has 1 aromatic carbocycles. The van der Waals surface area contributed by atoms with Crippen molar-refractivity contribution >= 4 is 21.4 Å². The van der Waals surface area contributed by atoms with Gasteiger partial charge in [-0.3, -0.25) is 4.90 Å². The first kappa shape index (κ1) is 14.9. The minimum absolute atomic E-state index is 0.0780. The Morgan fingerprint density at radius 3 is 3.00 bits per heavy atom. The van der Waals surface area contributed by atoms with Gasteiger partial charge in [0.15, 0.2) is 0 Å². The fraction of sp³-hybridized carbons (Fsp3) is 0.529. The van der Waals surface area contributed by atoms with Gasteiger partial charge in [0.25, 0.3) is 0 Å². The van der Waals surface area contributed by atoms with Gasteiger partial charge >= 0.3 is 0 Å². The van der Waals surface area contributed by atoms with Crippen molar-refractivity contribution in [3.63, 3.8) is 0 Å². The summed E-state index contributed by atoms with van der Waals surface area (Å²) in [7, 11) is 1.95. The third-order valence-corrected chi connectivity index (χ3v) is 5.68. The highest BCUT2D eigenvalue weighted by molar-refractivity contribution is 7.19. The number of fused-ring (bicyclic) bond motifs is 1. The Morgan fingerprint density at radius 2 is 2.24 bits per heavy atom. The summed E-state index contributed by atoms with van der Waals surface area (Å²) in [5, 5.41) is 4.06. The van der Waals surface area contributed by atoms with E-state index >= 15 is 0 Å². The van der Waals surface area contributed by atoms with Gasteiger partial charge in [-0.25, -0.2) is 4.39 Å². The van der Waals surface area contributed by atoms with E-state index in [1.54, 1.807) is 17.4 Å². The van der Waals surface area contributed by atoms with Gasteiger partial charge in [-0.2, -0.15) is 0 Å². The van der Waals surface area contributed by atoms with Crippen LogP contribution in [0.25, 0.3) is 10.1 Å². The van der Waals surface area contributed by atoms with Crippen LogP contribution in [-0.4, -0.2) is 24.5 Å². The Morgan fingerprint density at radius 1 is 1.38 bits per heavy atom. The first-order valence-electron chi connectivity index (χ1n) is 7.78. The highest BCUT2D eigenvalue weighted by Gasteiger charge is 2.22. The van der Waals surface area contributed by atoms with Crippen molar-refractivity contribution in [1.82, 2.24) is 10.2 Å². The first-order valence-corrected chi connectivity index (χ1v) is 8.59. The molecular weight excluding hydrogens is 283 g/mol. The summed E-state index contributed by atoms with van der Waals surface area (Å²) < 4.78 is 15.4. The van der Waals surface area contributed by atoms with Crippen LogP contribution in [-0.2, 0) is 13.1 Å². The standard InChI is InChI=1S/C17H23FN2S/c1-12-6-3-4-9-20(12)11-13-16(10-19-2)21-15-8-5-7-14(18)17(13)15/h5,7-8,12,19H,3-4,6,9-11H2,1-2H3. The lowest BCUT2D eigenvalue weighted by molar-refractivity contribution is 0.153. The van der Waals surface area contributed by atoms with Crippen LogP contribution < -0.4 is 5.32 Å². The molecule has 2 aromatic rings. The fourth-order valence-corrected chi connectivity index (χ4v) is 4.52. The minimum Gasteiger partial charge on any atom is -0.315 e. The number of hydrogen-bond acceptors (Lipinski definition) is 3. The van der Waals surface area contributed by atoms with Gasteiger partial charge in [0.05, 0.1) is 0 Å². The van der Waals surface area contributed by atoms with E-state index in [4.69, 9.17) is 0 Å². The summed E-state index contributed by atoms with van der Waals surface area (Å²) in [6, 6.07) is 6.03. The first-order chi connectivity index (χ1) is 10.2. The number of halogens is 1. The van der Waals surface area contributed by atoms with Crippen LogP contribution in [0.1, 0.15) is 36.6 Å². The van der Waals surface area contributed by atoms with Crippen molar-refractivity contribution in [3.05, 3.63) is 34.5 Å². The van der Waals surface area contributed by atoms with Crippen molar-refractivity contribution in [2.45, 2.75) is 45.3 Å². The second kappa shape index (κ2) is 6.42. The smallest absolute Gasteiger partial charge is 0.132 e. The molecule has 1 atom stereocenters. The Kier molecular flexibility index (Phi) is 4.57. The van der Waals surface area contributed by atoms with Gasteiger partial charge in [-0.1, -0.05) is 12.5 Å². The number of nitrogens with zero attached hydrogens (tertiary/aromatic N) is 1. The number of thiophene rings is 1. The lowest BCUT2D eigenvalue weighted by Crippen LogP contribution is -2.37. The van der Waals surface area contributed by atoms with Crippen molar-refractivity contribution in [3.8, 4) is 0 Å². The molecule has 1 unspecified atom stereocenters. The van der Waals surface area contributed by atoms with E-state index in [9.17, 15) is 4.39 Å². The fourth-order valence-electron chi connectivity index (χ4n) is 3.28. The van der Waals surface area contributed by atoms with E-state index in [0.29, 0.717) is 6.04 Å². The van der Waals surface area contributed by atoms with Gasteiger partial charge in [-0.05, 0) is 51.1 Å².